The largest absolute Gasteiger partial charge is 0.480 e. The molecule has 0 aromatic heterocycles. The maximum atomic E-state index is 12.6. The summed E-state index contributed by atoms with van der Waals surface area (Å²) in [6, 6.07) is -4.94. The number of rotatable bonds is 17. The van der Waals surface area contributed by atoms with Crippen LogP contribution in [-0.2, 0) is 19.2 Å². The molecule has 0 fully saturated rings. The minimum atomic E-state index is -1.43. The van der Waals surface area contributed by atoms with Gasteiger partial charge in [-0.1, -0.05) is 0 Å². The van der Waals surface area contributed by atoms with Crippen LogP contribution in [0.25, 0.3) is 0 Å². The summed E-state index contributed by atoms with van der Waals surface area (Å²) in [4.78, 5) is 48.3. The Hall–Kier alpha value is -2.32. The monoisotopic (exact) mass is 448 g/mol. The molecule has 180 valence electrons. The summed E-state index contributed by atoms with van der Waals surface area (Å²) < 4.78 is 0. The molecule has 4 atom stereocenters. The Morgan fingerprint density at radius 3 is 1.58 bits per heavy atom. The van der Waals surface area contributed by atoms with Gasteiger partial charge in [0.05, 0.1) is 13.2 Å². The number of unbranched alkanes of at least 4 members (excludes halogenated alkanes) is 2. The smallest absolute Gasteiger partial charge is 0.326 e. The Morgan fingerprint density at radius 2 is 1.13 bits per heavy atom. The topological polar surface area (TPSA) is 243 Å². The van der Waals surface area contributed by atoms with Crippen LogP contribution in [0.3, 0.4) is 0 Å². The van der Waals surface area contributed by atoms with Crippen LogP contribution in [0, 0.1) is 0 Å². The van der Waals surface area contributed by atoms with E-state index in [0.717, 1.165) is 0 Å². The number of nitrogens with one attached hydrogen (secondary N) is 3. The van der Waals surface area contributed by atoms with Gasteiger partial charge in [-0.05, 0) is 51.6 Å². The summed E-state index contributed by atoms with van der Waals surface area (Å²) in [6.45, 7) is -0.647. The molecule has 0 saturated heterocycles. The van der Waals surface area contributed by atoms with E-state index in [-0.39, 0.29) is 12.8 Å². The van der Waals surface area contributed by atoms with E-state index in [2.05, 4.69) is 16.0 Å². The molecule has 13 heteroatoms. The summed E-state index contributed by atoms with van der Waals surface area (Å²) >= 11 is 0. The number of aliphatic hydroxyl groups is 2. The van der Waals surface area contributed by atoms with Gasteiger partial charge in [-0.3, -0.25) is 14.4 Å². The molecule has 0 aliphatic heterocycles. The van der Waals surface area contributed by atoms with Crippen LogP contribution in [0.15, 0.2) is 0 Å². The van der Waals surface area contributed by atoms with Crippen LogP contribution in [0.5, 0.6) is 0 Å². The second-order valence-electron chi connectivity index (χ2n) is 7.06. The lowest BCUT2D eigenvalue weighted by Gasteiger charge is -2.24. The number of hydrogen-bond donors (Lipinski definition) is 9. The summed E-state index contributed by atoms with van der Waals surface area (Å²) in [5.41, 5.74) is 16.3. The van der Waals surface area contributed by atoms with Crippen molar-refractivity contribution in [2.24, 2.45) is 17.2 Å². The Kier molecular flexibility index (Phi) is 15.2. The zero-order valence-electron chi connectivity index (χ0n) is 17.6. The number of amides is 3. The van der Waals surface area contributed by atoms with Crippen molar-refractivity contribution < 1.29 is 34.5 Å². The molecular formula is C18H36N6O7. The number of hydrogen-bond acceptors (Lipinski definition) is 9. The summed E-state index contributed by atoms with van der Waals surface area (Å²) in [5.74, 6) is -3.65. The van der Waals surface area contributed by atoms with Crippen molar-refractivity contribution >= 4 is 23.7 Å². The fourth-order valence-corrected chi connectivity index (χ4v) is 2.61. The summed E-state index contributed by atoms with van der Waals surface area (Å²) in [6.07, 6.45) is 2.45. The lowest BCUT2D eigenvalue weighted by atomic mass is 10.1. The molecule has 0 radical (unpaired) electrons. The van der Waals surface area contributed by atoms with Gasteiger partial charge < -0.3 is 48.5 Å². The third kappa shape index (κ3) is 11.6. The molecule has 0 heterocycles. The summed E-state index contributed by atoms with van der Waals surface area (Å²) in [7, 11) is 0. The van der Waals surface area contributed by atoms with Gasteiger partial charge in [0.1, 0.15) is 24.2 Å². The molecule has 0 bridgehead atoms. The van der Waals surface area contributed by atoms with E-state index in [4.69, 9.17) is 22.3 Å². The fourth-order valence-electron chi connectivity index (χ4n) is 2.61. The Morgan fingerprint density at radius 1 is 0.677 bits per heavy atom. The van der Waals surface area contributed by atoms with Gasteiger partial charge in [0, 0.05) is 0 Å². The number of carboxylic acids is 1. The van der Waals surface area contributed by atoms with Crippen LogP contribution < -0.4 is 33.2 Å². The van der Waals surface area contributed by atoms with Crippen molar-refractivity contribution in [3.63, 3.8) is 0 Å². The molecule has 0 aliphatic rings. The molecule has 0 rings (SSSR count). The number of carbonyl (C=O) groups excluding carboxylic acids is 3. The second kappa shape index (κ2) is 16.4. The number of carboxylic acid groups (broad SMARTS) is 1. The average Bonchev–Trinajstić information content (AvgIpc) is 2.74. The first-order valence-electron chi connectivity index (χ1n) is 10.2. The molecule has 0 unspecified atom stereocenters. The predicted molar refractivity (Wildman–Crippen MR) is 111 cm³/mol. The molecular weight excluding hydrogens is 412 g/mol. The van der Waals surface area contributed by atoms with E-state index in [0.29, 0.717) is 38.8 Å². The van der Waals surface area contributed by atoms with Gasteiger partial charge in [-0.2, -0.15) is 0 Å². The SMILES string of the molecule is NCCCC[C@H](NC(=O)[C@H](CO)NC(=O)[C@H](CCCCN)NC(=O)[C@@H](N)CO)C(=O)O. The van der Waals surface area contributed by atoms with Crippen molar-refractivity contribution in [2.45, 2.75) is 62.7 Å². The minimum absolute atomic E-state index is 0.140. The van der Waals surface area contributed by atoms with Crippen LogP contribution in [0.1, 0.15) is 38.5 Å². The Labute approximate surface area is 181 Å². The van der Waals surface area contributed by atoms with Crippen molar-refractivity contribution in [3.05, 3.63) is 0 Å². The first-order chi connectivity index (χ1) is 14.7. The molecule has 0 aliphatic carbocycles. The van der Waals surface area contributed by atoms with Crippen molar-refractivity contribution in [1.82, 2.24) is 16.0 Å². The normalized spacial score (nSPS) is 14.7. The lowest BCUT2D eigenvalue weighted by molar-refractivity contribution is -0.142. The van der Waals surface area contributed by atoms with Gasteiger partial charge in [0.15, 0.2) is 0 Å². The molecule has 31 heavy (non-hydrogen) atoms. The predicted octanol–water partition coefficient (Wildman–Crippen LogP) is -3.90. The van der Waals surface area contributed by atoms with Crippen molar-refractivity contribution in [2.75, 3.05) is 26.3 Å². The Bertz CT molecular complexity index is 578. The first kappa shape index (κ1) is 28.7. The van der Waals surface area contributed by atoms with E-state index < -0.39 is 61.1 Å². The van der Waals surface area contributed by atoms with Crippen LogP contribution in [0.4, 0.5) is 0 Å². The standard InChI is InChI=1S/C18H36N6O7/c19-7-3-1-5-12(22-15(27)11(21)9-25)16(28)24-14(10-26)17(29)23-13(18(30)31)6-2-4-8-20/h11-14,25-26H,1-10,19-21H2,(H,22,27)(H,23,29)(H,24,28)(H,30,31)/t11-,12-,13-,14-/m0/s1. The minimum Gasteiger partial charge on any atom is -0.480 e. The number of carbonyl (C=O) groups is 4. The highest BCUT2D eigenvalue weighted by Gasteiger charge is 2.29. The highest BCUT2D eigenvalue weighted by Crippen LogP contribution is 2.04. The third-order valence-corrected chi connectivity index (χ3v) is 4.49. The lowest BCUT2D eigenvalue weighted by Crippen LogP contribution is -2.58. The van der Waals surface area contributed by atoms with Gasteiger partial charge in [-0.15, -0.1) is 0 Å². The number of aliphatic carboxylic acids is 1. The van der Waals surface area contributed by atoms with E-state index in [1.54, 1.807) is 0 Å². The third-order valence-electron chi connectivity index (χ3n) is 4.49. The molecule has 3 amide bonds. The van der Waals surface area contributed by atoms with Crippen LogP contribution in [0.2, 0.25) is 0 Å². The zero-order chi connectivity index (χ0) is 23.8. The Balaban J connectivity index is 5.11. The van der Waals surface area contributed by atoms with Gasteiger partial charge in [0.2, 0.25) is 17.7 Å². The fraction of sp³-hybridized carbons (Fsp3) is 0.778. The van der Waals surface area contributed by atoms with E-state index >= 15 is 0 Å². The highest BCUT2D eigenvalue weighted by atomic mass is 16.4. The molecule has 13 nitrogen and oxygen atoms in total. The van der Waals surface area contributed by atoms with Gasteiger partial charge in [0.25, 0.3) is 0 Å². The summed E-state index contributed by atoms with van der Waals surface area (Å²) in [5, 5.41) is 34.7. The number of aliphatic hydroxyl groups excluding tert-OH is 2. The maximum absolute atomic E-state index is 12.6. The van der Waals surface area contributed by atoms with E-state index in [1.165, 1.54) is 0 Å². The molecule has 12 N–H and O–H groups in total. The average molecular weight is 449 g/mol. The van der Waals surface area contributed by atoms with E-state index in [9.17, 15) is 29.4 Å². The van der Waals surface area contributed by atoms with E-state index in [1.807, 2.05) is 0 Å². The molecule has 0 aromatic carbocycles. The quantitative estimate of drug-likeness (QED) is 0.0978. The first-order valence-corrected chi connectivity index (χ1v) is 10.2. The van der Waals surface area contributed by atoms with Crippen LogP contribution >= 0.6 is 0 Å². The highest BCUT2D eigenvalue weighted by molar-refractivity contribution is 5.94. The van der Waals surface area contributed by atoms with Crippen LogP contribution in [-0.4, -0.2) is 89.5 Å². The van der Waals surface area contributed by atoms with Gasteiger partial charge in [-0.25, -0.2) is 4.79 Å². The zero-order valence-corrected chi connectivity index (χ0v) is 17.6. The molecule has 0 aromatic rings. The molecule has 0 saturated carbocycles. The van der Waals surface area contributed by atoms with Crippen molar-refractivity contribution in [3.8, 4) is 0 Å². The molecule has 0 spiro atoms. The maximum Gasteiger partial charge on any atom is 0.326 e. The van der Waals surface area contributed by atoms with Crippen molar-refractivity contribution in [1.29, 1.82) is 0 Å². The number of nitrogens with two attached hydrogens (primary N) is 3. The van der Waals surface area contributed by atoms with Gasteiger partial charge >= 0.3 is 5.97 Å². The second-order valence-corrected chi connectivity index (χ2v) is 7.06.